The van der Waals surface area contributed by atoms with E-state index in [1.54, 1.807) is 18.3 Å². The summed E-state index contributed by atoms with van der Waals surface area (Å²) in [5.74, 6) is 0.861. The van der Waals surface area contributed by atoms with Crippen LogP contribution < -0.4 is 10.6 Å². The van der Waals surface area contributed by atoms with Crippen LogP contribution in [0.5, 0.6) is 0 Å². The first kappa shape index (κ1) is 18.0. The highest BCUT2D eigenvalue weighted by molar-refractivity contribution is 6.36. The van der Waals surface area contributed by atoms with Crippen molar-refractivity contribution in [3.8, 4) is 0 Å². The number of amides is 2. The van der Waals surface area contributed by atoms with Crippen LogP contribution in [0.2, 0.25) is 10.0 Å². The van der Waals surface area contributed by atoms with E-state index in [1.807, 2.05) is 24.7 Å². The number of hydrogen-bond donors (Lipinski definition) is 2. The van der Waals surface area contributed by atoms with Crippen molar-refractivity contribution < 1.29 is 9.53 Å². The normalized spacial score (nSPS) is 20.3. The van der Waals surface area contributed by atoms with Crippen LogP contribution in [0.3, 0.4) is 0 Å². The molecule has 2 aromatic rings. The van der Waals surface area contributed by atoms with Gasteiger partial charge in [0.25, 0.3) is 0 Å². The molecule has 134 valence electrons. The third-order valence-electron chi connectivity index (χ3n) is 4.26. The number of aryl methyl sites for hydroxylation is 2. The van der Waals surface area contributed by atoms with Crippen molar-refractivity contribution >= 4 is 34.9 Å². The molecule has 1 aromatic heterocycles. The molecule has 1 fully saturated rings. The van der Waals surface area contributed by atoms with Crippen LogP contribution in [0.1, 0.15) is 30.3 Å². The minimum absolute atomic E-state index is 0.00449. The maximum atomic E-state index is 12.3. The summed E-state index contributed by atoms with van der Waals surface area (Å²) in [5, 5.41) is 6.74. The molecule has 8 heteroatoms. The number of urea groups is 1. The summed E-state index contributed by atoms with van der Waals surface area (Å²) in [6.07, 6.45) is 4.91. The van der Waals surface area contributed by atoms with Crippen LogP contribution in [0.15, 0.2) is 24.5 Å². The minimum atomic E-state index is -0.313. The van der Waals surface area contributed by atoms with E-state index in [4.69, 9.17) is 27.9 Å². The Morgan fingerprint density at radius 2 is 2.16 bits per heavy atom. The first-order valence-corrected chi connectivity index (χ1v) is 8.81. The quantitative estimate of drug-likeness (QED) is 0.840. The molecule has 2 atom stereocenters. The van der Waals surface area contributed by atoms with Crippen LogP contribution in [-0.4, -0.2) is 28.2 Å². The molecule has 6 nitrogen and oxygen atoms in total. The van der Waals surface area contributed by atoms with Gasteiger partial charge in [-0.1, -0.05) is 23.2 Å². The van der Waals surface area contributed by atoms with E-state index >= 15 is 0 Å². The number of rotatable bonds is 3. The topological polar surface area (TPSA) is 68.2 Å². The standard InChI is InChI=1S/C17H20Cl2N4O2/c1-10-7-13(19)14(9-12(10)18)22-17(24)21-11-3-6-25-15(8-11)16-20-4-5-23(16)2/h4-5,7,9,11,15H,3,6,8H2,1-2H3,(H2,21,22,24). The van der Waals surface area contributed by atoms with Crippen LogP contribution >= 0.6 is 23.2 Å². The van der Waals surface area contributed by atoms with E-state index in [0.717, 1.165) is 17.8 Å². The Labute approximate surface area is 156 Å². The van der Waals surface area contributed by atoms with Gasteiger partial charge in [0.15, 0.2) is 0 Å². The summed E-state index contributed by atoms with van der Waals surface area (Å²) < 4.78 is 7.72. The molecule has 3 rings (SSSR count). The Morgan fingerprint density at radius 3 is 2.88 bits per heavy atom. The summed E-state index contributed by atoms with van der Waals surface area (Å²) >= 11 is 12.3. The molecule has 0 aliphatic carbocycles. The Hall–Kier alpha value is -1.76. The maximum Gasteiger partial charge on any atom is 0.319 e. The number of carbonyl (C=O) groups is 1. The van der Waals surface area contributed by atoms with Gasteiger partial charge in [-0.2, -0.15) is 0 Å². The first-order valence-electron chi connectivity index (χ1n) is 8.06. The fourth-order valence-corrected chi connectivity index (χ4v) is 3.31. The molecule has 0 saturated carbocycles. The van der Waals surface area contributed by atoms with Gasteiger partial charge in [0.2, 0.25) is 0 Å². The van der Waals surface area contributed by atoms with Gasteiger partial charge in [-0.3, -0.25) is 0 Å². The Morgan fingerprint density at radius 1 is 1.36 bits per heavy atom. The lowest BCUT2D eigenvalue weighted by Gasteiger charge is -2.29. The number of halogens is 2. The Balaban J connectivity index is 1.61. The Bertz CT molecular complexity index is 778. The van der Waals surface area contributed by atoms with E-state index in [1.165, 1.54) is 0 Å². The van der Waals surface area contributed by atoms with Crippen molar-refractivity contribution in [1.29, 1.82) is 0 Å². The van der Waals surface area contributed by atoms with Crippen molar-refractivity contribution in [2.45, 2.75) is 31.9 Å². The number of imidazole rings is 1. The highest BCUT2D eigenvalue weighted by Crippen LogP contribution is 2.29. The zero-order chi connectivity index (χ0) is 18.0. The van der Waals surface area contributed by atoms with Crippen molar-refractivity contribution in [1.82, 2.24) is 14.9 Å². The second-order valence-electron chi connectivity index (χ2n) is 6.16. The number of benzene rings is 1. The average Bonchev–Trinajstić information content (AvgIpc) is 2.99. The fourth-order valence-electron chi connectivity index (χ4n) is 2.88. The van der Waals surface area contributed by atoms with E-state index < -0.39 is 0 Å². The molecule has 0 radical (unpaired) electrons. The van der Waals surface area contributed by atoms with E-state index in [2.05, 4.69) is 15.6 Å². The maximum absolute atomic E-state index is 12.3. The molecule has 1 aromatic carbocycles. The van der Waals surface area contributed by atoms with Gasteiger partial charge < -0.3 is 19.9 Å². The van der Waals surface area contributed by atoms with E-state index in [-0.39, 0.29) is 18.2 Å². The molecule has 2 unspecified atom stereocenters. The third-order valence-corrected chi connectivity index (χ3v) is 4.98. The second kappa shape index (κ2) is 7.64. The van der Waals surface area contributed by atoms with Crippen molar-refractivity contribution in [2.75, 3.05) is 11.9 Å². The predicted octanol–water partition coefficient (Wildman–Crippen LogP) is 4.08. The SMILES string of the molecule is Cc1cc(Cl)c(NC(=O)NC2CCOC(c3nccn3C)C2)cc1Cl. The molecule has 25 heavy (non-hydrogen) atoms. The third kappa shape index (κ3) is 4.26. The fraction of sp³-hybridized carbons (Fsp3) is 0.412. The number of hydrogen-bond acceptors (Lipinski definition) is 3. The van der Waals surface area contributed by atoms with Crippen LogP contribution in [-0.2, 0) is 11.8 Å². The molecule has 2 heterocycles. The molecule has 2 amide bonds. The largest absolute Gasteiger partial charge is 0.370 e. The smallest absolute Gasteiger partial charge is 0.319 e. The number of nitrogens with one attached hydrogen (secondary N) is 2. The average molecular weight is 383 g/mol. The molecule has 1 saturated heterocycles. The minimum Gasteiger partial charge on any atom is -0.370 e. The lowest BCUT2D eigenvalue weighted by atomic mass is 10.0. The summed E-state index contributed by atoms with van der Waals surface area (Å²) in [4.78, 5) is 16.6. The first-order chi connectivity index (χ1) is 11.9. The highest BCUT2D eigenvalue weighted by atomic mass is 35.5. The van der Waals surface area contributed by atoms with Gasteiger partial charge in [-0.15, -0.1) is 0 Å². The van der Waals surface area contributed by atoms with Crippen LogP contribution in [0, 0.1) is 6.92 Å². The summed E-state index contributed by atoms with van der Waals surface area (Å²) in [7, 11) is 1.93. The molecular weight excluding hydrogens is 363 g/mol. The van der Waals surface area contributed by atoms with Crippen molar-refractivity contribution in [3.05, 3.63) is 46.0 Å². The van der Waals surface area contributed by atoms with E-state index in [0.29, 0.717) is 28.8 Å². The van der Waals surface area contributed by atoms with Crippen molar-refractivity contribution in [2.24, 2.45) is 7.05 Å². The van der Waals surface area contributed by atoms with E-state index in [9.17, 15) is 4.79 Å². The van der Waals surface area contributed by atoms with Gasteiger partial charge in [0, 0.05) is 43.5 Å². The molecule has 1 aliphatic rings. The lowest BCUT2D eigenvalue weighted by molar-refractivity contribution is -0.00410. The molecule has 0 bridgehead atoms. The lowest BCUT2D eigenvalue weighted by Crippen LogP contribution is -2.42. The molecule has 0 spiro atoms. The number of ether oxygens (including phenoxy) is 1. The Kier molecular flexibility index (Phi) is 5.51. The van der Waals surface area contributed by atoms with Crippen molar-refractivity contribution in [3.63, 3.8) is 0 Å². The summed E-state index contributed by atoms with van der Waals surface area (Å²) in [5.41, 5.74) is 1.35. The summed E-state index contributed by atoms with van der Waals surface area (Å²) in [6, 6.07) is 3.06. The zero-order valence-electron chi connectivity index (χ0n) is 14.1. The molecule has 1 aliphatic heterocycles. The highest BCUT2D eigenvalue weighted by Gasteiger charge is 2.27. The number of nitrogens with zero attached hydrogens (tertiary/aromatic N) is 2. The van der Waals surface area contributed by atoms with Crippen LogP contribution in [0.4, 0.5) is 10.5 Å². The van der Waals surface area contributed by atoms with Gasteiger partial charge in [0.1, 0.15) is 11.9 Å². The molecular formula is C17H20Cl2N4O2. The van der Waals surface area contributed by atoms with Gasteiger partial charge in [-0.05, 0) is 31.0 Å². The number of aromatic nitrogens is 2. The number of anilines is 1. The second-order valence-corrected chi connectivity index (χ2v) is 6.97. The zero-order valence-corrected chi connectivity index (χ0v) is 15.6. The van der Waals surface area contributed by atoms with Gasteiger partial charge in [0.05, 0.1) is 10.7 Å². The monoisotopic (exact) mass is 382 g/mol. The molecule has 2 N–H and O–H groups in total. The van der Waals surface area contributed by atoms with Gasteiger partial charge >= 0.3 is 6.03 Å². The van der Waals surface area contributed by atoms with Crippen LogP contribution in [0.25, 0.3) is 0 Å². The predicted molar refractivity (Wildman–Crippen MR) is 98.3 cm³/mol. The summed E-state index contributed by atoms with van der Waals surface area (Å²) in [6.45, 7) is 2.43. The number of carbonyl (C=O) groups excluding carboxylic acids is 1. The van der Waals surface area contributed by atoms with Gasteiger partial charge in [-0.25, -0.2) is 9.78 Å².